The second-order valence-electron chi connectivity index (χ2n) is 20.5. The van der Waals surface area contributed by atoms with E-state index in [1.165, 1.54) is 27.2 Å². The Balaban J connectivity index is 1.14. The molecule has 3 fully saturated rings. The van der Waals surface area contributed by atoms with Crippen LogP contribution in [0.2, 0.25) is 0 Å². The van der Waals surface area contributed by atoms with E-state index in [9.17, 15) is 19.2 Å². The number of hydrogen-bond acceptors (Lipinski definition) is 19. The van der Waals surface area contributed by atoms with Gasteiger partial charge in [-0.25, -0.2) is 14.4 Å². The lowest BCUT2D eigenvalue weighted by Gasteiger charge is -2.50. The molecular weight excluding hydrogens is 1110 g/mol. The van der Waals surface area contributed by atoms with Crippen molar-refractivity contribution in [2.24, 2.45) is 0 Å². The van der Waals surface area contributed by atoms with Gasteiger partial charge in [-0.05, 0) is 46.9 Å². The summed E-state index contributed by atoms with van der Waals surface area (Å²) in [7, 11) is 2.37. The second-order valence-corrected chi connectivity index (χ2v) is 20.5. The Morgan fingerprint density at radius 2 is 0.744 bits per heavy atom. The molecule has 6 aromatic carbocycles. The highest BCUT2D eigenvalue weighted by atomic mass is 16.8. The summed E-state index contributed by atoms with van der Waals surface area (Å²) in [5.74, 6) is -3.27. The maximum atomic E-state index is 14.7. The van der Waals surface area contributed by atoms with Crippen molar-refractivity contribution in [2.75, 3.05) is 20.8 Å². The van der Waals surface area contributed by atoms with Crippen molar-refractivity contribution in [1.29, 1.82) is 0 Å². The van der Waals surface area contributed by atoms with Crippen molar-refractivity contribution in [3.63, 3.8) is 0 Å². The number of methoxy groups -OCH3 is 2. The Morgan fingerprint density at radius 3 is 1.12 bits per heavy atom. The quantitative estimate of drug-likeness (QED) is 0.0269. The predicted molar refractivity (Wildman–Crippen MR) is 308 cm³/mol. The van der Waals surface area contributed by atoms with E-state index in [0.29, 0.717) is 5.56 Å². The van der Waals surface area contributed by atoms with Crippen LogP contribution in [0.3, 0.4) is 0 Å². The molecule has 0 aliphatic carbocycles. The zero-order valence-electron chi connectivity index (χ0n) is 48.3. The lowest BCUT2D eigenvalue weighted by Crippen LogP contribution is -2.68. The first kappa shape index (κ1) is 63.0. The smallest absolute Gasteiger partial charge is 0.338 e. The van der Waals surface area contributed by atoms with E-state index >= 15 is 0 Å². The van der Waals surface area contributed by atoms with Crippen molar-refractivity contribution in [3.8, 4) is 0 Å². The van der Waals surface area contributed by atoms with Gasteiger partial charge in [-0.2, -0.15) is 0 Å². The summed E-state index contributed by atoms with van der Waals surface area (Å²) < 4.78 is 97.8. The Bertz CT molecular complexity index is 3030. The third-order valence-electron chi connectivity index (χ3n) is 14.5. The summed E-state index contributed by atoms with van der Waals surface area (Å²) >= 11 is 0. The first-order valence-electron chi connectivity index (χ1n) is 28.4. The van der Waals surface area contributed by atoms with Crippen LogP contribution in [-0.2, 0) is 118 Å². The van der Waals surface area contributed by atoms with E-state index in [0.717, 1.165) is 22.3 Å². The fourth-order valence-electron chi connectivity index (χ4n) is 10.3. The summed E-state index contributed by atoms with van der Waals surface area (Å²) in [6.07, 6.45) is -19.5. The molecule has 0 bridgehead atoms. The molecule has 0 spiro atoms. The zero-order valence-corrected chi connectivity index (χ0v) is 48.3. The minimum atomic E-state index is -1.77. The number of carbonyl (C=O) groups is 4. The van der Waals surface area contributed by atoms with Gasteiger partial charge in [0.05, 0.1) is 65.5 Å². The molecule has 0 amide bonds. The van der Waals surface area contributed by atoms with Gasteiger partial charge in [0.1, 0.15) is 42.7 Å². The first-order valence-corrected chi connectivity index (χ1v) is 28.4. The average Bonchev–Trinajstić information content (AvgIpc) is 1.19. The highest BCUT2D eigenvalue weighted by molar-refractivity contribution is 5.89. The Kier molecular flexibility index (Phi) is 23.3. The number of benzene rings is 6. The number of hydrogen-bond donors (Lipinski definition) is 0. The molecule has 86 heavy (non-hydrogen) atoms. The van der Waals surface area contributed by atoms with Crippen molar-refractivity contribution in [2.45, 2.75) is 139 Å². The Labute approximate surface area is 500 Å². The molecular formula is C67H72O19. The molecule has 3 saturated heterocycles. The van der Waals surface area contributed by atoms with Crippen LogP contribution in [0.15, 0.2) is 195 Å². The van der Waals surface area contributed by atoms with Gasteiger partial charge >= 0.3 is 23.9 Å². The normalized spacial score (nSPS) is 27.2. The van der Waals surface area contributed by atoms with Crippen molar-refractivity contribution in [1.82, 2.24) is 0 Å². The fourth-order valence-corrected chi connectivity index (χ4v) is 10.3. The van der Waals surface area contributed by atoms with Crippen molar-refractivity contribution in [3.05, 3.63) is 228 Å². The lowest BCUT2D eigenvalue weighted by molar-refractivity contribution is -0.383. The highest BCUT2D eigenvalue weighted by Crippen LogP contribution is 2.39. The van der Waals surface area contributed by atoms with E-state index in [1.54, 1.807) is 37.3 Å². The van der Waals surface area contributed by atoms with Crippen LogP contribution >= 0.6 is 0 Å². The molecule has 0 saturated carbocycles. The van der Waals surface area contributed by atoms with Gasteiger partial charge in [-0.3, -0.25) is 4.79 Å². The molecule has 0 unspecified atom stereocenters. The van der Waals surface area contributed by atoms with Gasteiger partial charge in [0, 0.05) is 6.92 Å². The minimum Gasteiger partial charge on any atom is -0.467 e. The molecule has 15 atom stereocenters. The van der Waals surface area contributed by atoms with E-state index in [-0.39, 0.29) is 45.2 Å². The topological polar surface area (TPSA) is 207 Å². The molecule has 0 radical (unpaired) electrons. The number of esters is 4. The van der Waals surface area contributed by atoms with Gasteiger partial charge in [0.15, 0.2) is 43.3 Å². The molecule has 9 rings (SSSR count). The van der Waals surface area contributed by atoms with Crippen LogP contribution in [0, 0.1) is 0 Å². The minimum absolute atomic E-state index is 0.00666. The van der Waals surface area contributed by atoms with E-state index in [1.807, 2.05) is 152 Å². The van der Waals surface area contributed by atoms with Crippen LogP contribution in [0.1, 0.15) is 52.0 Å². The third kappa shape index (κ3) is 16.7. The van der Waals surface area contributed by atoms with Gasteiger partial charge in [0.25, 0.3) is 0 Å². The number of carbonyl (C=O) groups excluding carboxylic acids is 4. The third-order valence-corrected chi connectivity index (χ3v) is 14.5. The summed E-state index contributed by atoms with van der Waals surface area (Å²) in [5.41, 5.74) is 4.03. The van der Waals surface area contributed by atoms with Crippen LogP contribution < -0.4 is 0 Å². The number of rotatable bonds is 27. The van der Waals surface area contributed by atoms with Crippen LogP contribution in [0.5, 0.6) is 0 Å². The summed E-state index contributed by atoms with van der Waals surface area (Å²) in [6.45, 7) is 6.53. The standard InChI is InChI=1S/C67H72O19/c1-6-37-74-65-59(78-41-48-31-19-10-20-32-48)53(76-39-46-27-15-8-16-28-46)55(57(85-65)63(70)72-4)83-66-60(79-42-49-33-21-11-22-34-49)54(77-40-47-29-17-9-18-30-47)56(58(86-66)64(71)73-5)84-67-61(81-44(3)68)52(75-38-45-25-13-7-14-26-45)51(43(2)80-67)82-62(69)50-35-23-12-24-36-50/h6-36,43,51-61,65-67H,1,37-42H2,2-5H3/t43-,51-,52+,53-,54-,55+,56+,57-,58-,59+,60+,61+,65+,66-,67-/m0/s1. The second kappa shape index (κ2) is 31.8. The van der Waals surface area contributed by atoms with Crippen LogP contribution in [0.4, 0.5) is 0 Å². The molecule has 3 heterocycles. The molecule has 3 aliphatic rings. The SMILES string of the molecule is C=CCO[C@@H]1O[C@H](C(=O)OC)[C@H](O[C@H]2O[C@H](C(=O)OC)[C@H](O[C@@H]3O[C@@H](C)[C@H](OC(=O)c4ccccc4)[C@@H](OCc4ccccc4)[C@H]3OC(C)=O)[C@H](OCc3ccccc3)[C@H]2OCc2ccccc2)[C@H](OCc2ccccc2)[C@H]1OCc1ccccc1. The zero-order chi connectivity index (χ0) is 60.2. The van der Waals surface area contributed by atoms with Crippen LogP contribution in [-0.4, -0.2) is 137 Å². The Hall–Kier alpha value is -7.50. The summed E-state index contributed by atoms with van der Waals surface area (Å²) in [6, 6.07) is 54.9. The monoisotopic (exact) mass is 1180 g/mol. The highest BCUT2D eigenvalue weighted by Gasteiger charge is 2.60. The fraction of sp³-hybridized carbons (Fsp3) is 0.373. The average molecular weight is 1180 g/mol. The number of ether oxygens (including phenoxy) is 15. The van der Waals surface area contributed by atoms with Gasteiger partial charge < -0.3 is 71.1 Å². The van der Waals surface area contributed by atoms with Gasteiger partial charge in [-0.1, -0.05) is 176 Å². The van der Waals surface area contributed by atoms with Crippen molar-refractivity contribution < 1.29 is 90.2 Å². The van der Waals surface area contributed by atoms with Gasteiger partial charge in [0.2, 0.25) is 0 Å². The first-order chi connectivity index (χ1) is 42.0. The predicted octanol–water partition coefficient (Wildman–Crippen LogP) is 8.58. The van der Waals surface area contributed by atoms with Crippen LogP contribution in [0.25, 0.3) is 0 Å². The summed E-state index contributed by atoms with van der Waals surface area (Å²) in [5, 5.41) is 0. The van der Waals surface area contributed by atoms with E-state index < -0.39 is 116 Å². The molecule has 3 aliphatic heterocycles. The maximum absolute atomic E-state index is 14.7. The molecule has 6 aromatic rings. The molecule has 0 aromatic heterocycles. The molecule has 19 heteroatoms. The largest absolute Gasteiger partial charge is 0.467 e. The molecule has 454 valence electrons. The maximum Gasteiger partial charge on any atom is 0.338 e. The van der Waals surface area contributed by atoms with Gasteiger partial charge in [-0.15, -0.1) is 6.58 Å². The van der Waals surface area contributed by atoms with E-state index in [2.05, 4.69) is 6.58 Å². The molecule has 19 nitrogen and oxygen atoms in total. The molecule has 0 N–H and O–H groups in total. The van der Waals surface area contributed by atoms with Crippen molar-refractivity contribution >= 4 is 23.9 Å². The lowest BCUT2D eigenvalue weighted by atomic mass is 9.94. The summed E-state index contributed by atoms with van der Waals surface area (Å²) in [4.78, 5) is 56.3. The van der Waals surface area contributed by atoms with E-state index in [4.69, 9.17) is 71.1 Å². The Morgan fingerprint density at radius 1 is 0.407 bits per heavy atom.